The van der Waals surface area contributed by atoms with Gasteiger partial charge in [-0.2, -0.15) is 0 Å². The Morgan fingerprint density at radius 1 is 0.714 bits per heavy atom. The lowest BCUT2D eigenvalue weighted by Gasteiger charge is -2.29. The lowest BCUT2D eigenvalue weighted by Crippen LogP contribution is -2.40. The first kappa shape index (κ1) is 18.8. The molecule has 1 fully saturated rings. The fraction of sp³-hybridized carbons (Fsp3) is 0.250. The van der Waals surface area contributed by atoms with Crippen LogP contribution in [-0.4, -0.2) is 46.0 Å². The lowest BCUT2D eigenvalue weighted by molar-refractivity contribution is -0.385. The molecule has 1 saturated heterocycles. The summed E-state index contributed by atoms with van der Waals surface area (Å²) in [6.45, 7) is 2.19. The van der Waals surface area contributed by atoms with Gasteiger partial charge >= 0.3 is 0 Å². The van der Waals surface area contributed by atoms with Gasteiger partial charge in [-0.15, -0.1) is 10.2 Å². The molecular formula is C16H16N8O4. The van der Waals surface area contributed by atoms with E-state index in [1.807, 2.05) is 0 Å². The van der Waals surface area contributed by atoms with Crippen molar-refractivity contribution in [2.24, 2.45) is 20.7 Å². The van der Waals surface area contributed by atoms with E-state index in [1.54, 1.807) is 34.3 Å². The first-order chi connectivity index (χ1) is 13.5. The molecule has 0 N–H and O–H groups in total. The average Bonchev–Trinajstić information content (AvgIpc) is 2.72. The third-order valence-corrected chi connectivity index (χ3v) is 3.89. The average molecular weight is 384 g/mol. The van der Waals surface area contributed by atoms with E-state index in [4.69, 9.17) is 0 Å². The molecule has 1 aliphatic rings. The van der Waals surface area contributed by atoms with Gasteiger partial charge in [-0.25, -0.2) is 0 Å². The lowest BCUT2D eigenvalue weighted by atomic mass is 10.3. The van der Waals surface area contributed by atoms with Gasteiger partial charge in [0.2, 0.25) is 0 Å². The number of rotatable bonds is 6. The maximum atomic E-state index is 10.8. The minimum Gasteiger partial charge on any atom is -0.275 e. The van der Waals surface area contributed by atoms with E-state index in [9.17, 15) is 20.2 Å². The summed E-state index contributed by atoms with van der Waals surface area (Å²) in [5, 5.41) is 41.3. The van der Waals surface area contributed by atoms with Crippen LogP contribution >= 0.6 is 0 Å². The topological polar surface area (TPSA) is 142 Å². The highest BCUT2D eigenvalue weighted by atomic mass is 16.6. The van der Waals surface area contributed by atoms with Crippen molar-refractivity contribution in [3.05, 3.63) is 68.8 Å². The Bertz CT molecular complexity index is 849. The smallest absolute Gasteiger partial charge is 0.271 e. The minimum absolute atomic E-state index is 0.0390. The second-order valence-electron chi connectivity index (χ2n) is 5.84. The van der Waals surface area contributed by atoms with Crippen LogP contribution in [0.1, 0.15) is 0 Å². The van der Waals surface area contributed by atoms with Crippen molar-refractivity contribution in [3.63, 3.8) is 0 Å². The molecule has 0 atom stereocenters. The van der Waals surface area contributed by atoms with E-state index >= 15 is 0 Å². The highest BCUT2D eigenvalue weighted by Gasteiger charge is 2.15. The van der Waals surface area contributed by atoms with Crippen LogP contribution in [0.15, 0.2) is 69.2 Å². The molecule has 1 aliphatic heterocycles. The van der Waals surface area contributed by atoms with Crippen LogP contribution in [0.5, 0.6) is 0 Å². The summed E-state index contributed by atoms with van der Waals surface area (Å²) < 4.78 is 0. The summed E-state index contributed by atoms with van der Waals surface area (Å²) in [7, 11) is 0. The highest BCUT2D eigenvalue weighted by molar-refractivity contribution is 5.46. The third kappa shape index (κ3) is 5.03. The second-order valence-corrected chi connectivity index (χ2v) is 5.84. The van der Waals surface area contributed by atoms with E-state index in [2.05, 4.69) is 20.7 Å². The van der Waals surface area contributed by atoms with Gasteiger partial charge in [0.05, 0.1) is 47.4 Å². The number of hydrogen-bond acceptors (Lipinski definition) is 8. The highest BCUT2D eigenvalue weighted by Crippen LogP contribution is 2.22. The number of piperazine rings is 1. The van der Waals surface area contributed by atoms with Gasteiger partial charge in [0.15, 0.2) is 0 Å². The number of nitro benzene ring substituents is 2. The maximum Gasteiger partial charge on any atom is 0.271 e. The second kappa shape index (κ2) is 8.62. The number of hydrogen-bond donors (Lipinski definition) is 0. The summed E-state index contributed by atoms with van der Waals surface area (Å²) in [5.41, 5.74) is 0.731. The molecule has 28 heavy (non-hydrogen) atoms. The molecule has 0 aromatic heterocycles. The Kier molecular flexibility index (Phi) is 5.79. The molecule has 0 bridgehead atoms. The maximum absolute atomic E-state index is 10.8. The van der Waals surface area contributed by atoms with E-state index in [1.165, 1.54) is 24.3 Å². The fourth-order valence-electron chi connectivity index (χ4n) is 2.43. The Morgan fingerprint density at radius 3 is 1.46 bits per heavy atom. The standard InChI is InChI=1S/C16H16N8O4/c25-23(26)15-5-1-3-13(11-15)17-19-21-7-9-22(10-8-21)20-18-14-4-2-6-16(12-14)24(27)28/h1-6,11-12H,7-10H2. The van der Waals surface area contributed by atoms with Gasteiger partial charge in [0.25, 0.3) is 11.4 Å². The van der Waals surface area contributed by atoms with Gasteiger partial charge < -0.3 is 0 Å². The predicted octanol–water partition coefficient (Wildman–Crippen LogP) is 3.82. The normalized spacial score (nSPS) is 14.7. The van der Waals surface area contributed by atoms with Crippen molar-refractivity contribution in [3.8, 4) is 0 Å². The molecule has 0 saturated carbocycles. The molecule has 0 radical (unpaired) electrons. The molecule has 12 nitrogen and oxygen atoms in total. The monoisotopic (exact) mass is 384 g/mol. The first-order valence-electron chi connectivity index (χ1n) is 8.33. The number of non-ortho nitro benzene ring substituents is 2. The molecule has 12 heteroatoms. The summed E-state index contributed by atoms with van der Waals surface area (Å²) in [6, 6.07) is 11.9. The van der Waals surface area contributed by atoms with Crippen molar-refractivity contribution >= 4 is 22.7 Å². The van der Waals surface area contributed by atoms with Gasteiger partial charge in [-0.3, -0.25) is 30.2 Å². The molecule has 0 unspecified atom stereocenters. The van der Waals surface area contributed by atoms with Crippen molar-refractivity contribution in [1.82, 2.24) is 10.0 Å². The minimum atomic E-state index is -0.482. The number of benzene rings is 2. The molecule has 0 aliphatic carbocycles. The molecule has 0 spiro atoms. The molecule has 3 rings (SSSR count). The Balaban J connectivity index is 1.53. The summed E-state index contributed by atoms with van der Waals surface area (Å²) in [5.74, 6) is 0. The van der Waals surface area contributed by atoms with Gasteiger partial charge in [0.1, 0.15) is 0 Å². The van der Waals surface area contributed by atoms with Crippen LogP contribution in [-0.2, 0) is 0 Å². The van der Waals surface area contributed by atoms with Gasteiger partial charge in [-0.05, 0) is 12.1 Å². The zero-order valence-corrected chi connectivity index (χ0v) is 14.7. The molecule has 2 aromatic carbocycles. The summed E-state index contributed by atoms with van der Waals surface area (Å²) >= 11 is 0. The SMILES string of the molecule is O=[N+]([O-])c1cccc(N=NN2CCN(N=Nc3cccc([N+](=O)[O-])c3)CC2)c1. The van der Waals surface area contributed by atoms with E-state index in [-0.39, 0.29) is 11.4 Å². The van der Waals surface area contributed by atoms with Crippen LogP contribution in [0.25, 0.3) is 0 Å². The Labute approximate surface area is 159 Å². The van der Waals surface area contributed by atoms with Crippen molar-refractivity contribution in [2.75, 3.05) is 26.2 Å². The van der Waals surface area contributed by atoms with Crippen LogP contribution < -0.4 is 0 Å². The molecule has 0 amide bonds. The zero-order valence-electron chi connectivity index (χ0n) is 14.7. The molecule has 144 valence electrons. The molecule has 2 aromatic rings. The Hall–Kier alpha value is -3.96. The van der Waals surface area contributed by atoms with E-state index in [0.717, 1.165) is 0 Å². The van der Waals surface area contributed by atoms with Crippen LogP contribution in [0.3, 0.4) is 0 Å². The number of nitrogens with zero attached hydrogens (tertiary/aromatic N) is 8. The molecule has 1 heterocycles. The predicted molar refractivity (Wildman–Crippen MR) is 98.4 cm³/mol. The van der Waals surface area contributed by atoms with Crippen LogP contribution in [0.4, 0.5) is 22.7 Å². The van der Waals surface area contributed by atoms with E-state index in [0.29, 0.717) is 37.6 Å². The first-order valence-corrected chi connectivity index (χ1v) is 8.33. The Morgan fingerprint density at radius 2 is 1.11 bits per heavy atom. The van der Waals surface area contributed by atoms with Crippen molar-refractivity contribution in [2.45, 2.75) is 0 Å². The quantitative estimate of drug-likeness (QED) is 0.421. The van der Waals surface area contributed by atoms with Crippen LogP contribution in [0, 0.1) is 20.2 Å². The summed E-state index contributed by atoms with van der Waals surface area (Å²) in [4.78, 5) is 20.6. The largest absolute Gasteiger partial charge is 0.275 e. The van der Waals surface area contributed by atoms with Crippen LogP contribution in [0.2, 0.25) is 0 Å². The number of nitro groups is 2. The molecular weight excluding hydrogens is 368 g/mol. The van der Waals surface area contributed by atoms with E-state index < -0.39 is 9.85 Å². The van der Waals surface area contributed by atoms with Crippen molar-refractivity contribution < 1.29 is 9.85 Å². The van der Waals surface area contributed by atoms with Gasteiger partial charge in [0, 0.05) is 24.3 Å². The summed E-state index contributed by atoms with van der Waals surface area (Å²) in [6.07, 6.45) is 0. The van der Waals surface area contributed by atoms with Crippen molar-refractivity contribution in [1.29, 1.82) is 0 Å². The zero-order chi connectivity index (χ0) is 19.9. The third-order valence-electron chi connectivity index (χ3n) is 3.89. The fourth-order valence-corrected chi connectivity index (χ4v) is 2.43. The van der Waals surface area contributed by atoms with Gasteiger partial charge in [-0.1, -0.05) is 22.6 Å².